The molecule has 1 aromatic carbocycles. The second-order valence-corrected chi connectivity index (χ2v) is 6.59. The molecule has 3 nitrogen and oxygen atoms in total. The van der Waals surface area contributed by atoms with E-state index in [1.165, 1.54) is 11.1 Å². The number of hydrogen-bond donors (Lipinski definition) is 1. The molecule has 3 heteroatoms. The van der Waals surface area contributed by atoms with Crippen LogP contribution in [0.15, 0.2) is 24.3 Å². The molecule has 2 rings (SSSR count). The lowest BCUT2D eigenvalue weighted by Crippen LogP contribution is -2.36. The zero-order valence-corrected chi connectivity index (χ0v) is 12.9. The summed E-state index contributed by atoms with van der Waals surface area (Å²) in [5.74, 6) is 0.245. The number of rotatable bonds is 4. The fraction of sp³-hybridized carbons (Fsp3) is 0.588. The molecule has 1 fully saturated rings. The molecular weight excluding hydrogens is 248 g/mol. The zero-order chi connectivity index (χ0) is 14.8. The summed E-state index contributed by atoms with van der Waals surface area (Å²) >= 11 is 0. The van der Waals surface area contributed by atoms with Crippen LogP contribution in [0.4, 0.5) is 0 Å². The van der Waals surface area contributed by atoms with Crippen LogP contribution in [0.2, 0.25) is 0 Å². The van der Waals surface area contributed by atoms with Crippen molar-refractivity contribution in [3.8, 4) is 0 Å². The second kappa shape index (κ2) is 5.96. The second-order valence-electron chi connectivity index (χ2n) is 6.59. The molecule has 110 valence electrons. The Morgan fingerprint density at radius 2 is 2.10 bits per heavy atom. The van der Waals surface area contributed by atoms with Gasteiger partial charge < -0.3 is 10.6 Å². The normalized spacial score (nSPS) is 19.4. The first-order chi connectivity index (χ1) is 9.38. The van der Waals surface area contributed by atoms with Crippen LogP contribution in [-0.2, 0) is 4.79 Å². The van der Waals surface area contributed by atoms with Crippen LogP contribution in [0, 0.1) is 6.92 Å². The SMILES string of the molecule is Cc1ccccc1C1CCCN1C(=O)CCC(C)(C)N. The van der Waals surface area contributed by atoms with E-state index in [1.54, 1.807) is 0 Å². The van der Waals surface area contributed by atoms with Gasteiger partial charge in [-0.2, -0.15) is 0 Å². The Morgan fingerprint density at radius 3 is 2.75 bits per heavy atom. The molecule has 0 radical (unpaired) electrons. The molecule has 1 aliphatic rings. The minimum Gasteiger partial charge on any atom is -0.336 e. The molecule has 0 spiro atoms. The zero-order valence-electron chi connectivity index (χ0n) is 12.9. The van der Waals surface area contributed by atoms with Crippen molar-refractivity contribution in [3.63, 3.8) is 0 Å². The first-order valence-electron chi connectivity index (χ1n) is 7.52. The topological polar surface area (TPSA) is 46.3 Å². The van der Waals surface area contributed by atoms with Gasteiger partial charge in [-0.1, -0.05) is 24.3 Å². The molecule has 1 aliphatic heterocycles. The van der Waals surface area contributed by atoms with Gasteiger partial charge >= 0.3 is 0 Å². The van der Waals surface area contributed by atoms with Crippen molar-refractivity contribution in [2.45, 2.75) is 58.0 Å². The van der Waals surface area contributed by atoms with Crippen LogP contribution in [0.5, 0.6) is 0 Å². The average molecular weight is 274 g/mol. The number of hydrogen-bond acceptors (Lipinski definition) is 2. The summed E-state index contributed by atoms with van der Waals surface area (Å²) < 4.78 is 0. The third-order valence-corrected chi connectivity index (χ3v) is 4.10. The summed E-state index contributed by atoms with van der Waals surface area (Å²) in [4.78, 5) is 14.5. The van der Waals surface area contributed by atoms with Crippen LogP contribution in [0.1, 0.15) is 56.7 Å². The van der Waals surface area contributed by atoms with Crippen molar-refractivity contribution in [2.24, 2.45) is 5.73 Å². The van der Waals surface area contributed by atoms with Gasteiger partial charge in [0, 0.05) is 18.5 Å². The number of nitrogens with two attached hydrogens (primary N) is 1. The van der Waals surface area contributed by atoms with Crippen LogP contribution < -0.4 is 5.73 Å². The number of aryl methyl sites for hydroxylation is 1. The highest BCUT2D eigenvalue weighted by molar-refractivity contribution is 5.77. The molecule has 0 saturated carbocycles. The number of nitrogens with zero attached hydrogens (tertiary/aromatic N) is 1. The summed E-state index contributed by atoms with van der Waals surface area (Å²) in [6.45, 7) is 6.95. The fourth-order valence-corrected chi connectivity index (χ4v) is 2.92. The maximum Gasteiger partial charge on any atom is 0.223 e. The largest absolute Gasteiger partial charge is 0.336 e. The Hall–Kier alpha value is -1.35. The first kappa shape index (κ1) is 15.0. The molecule has 2 N–H and O–H groups in total. The lowest BCUT2D eigenvalue weighted by Gasteiger charge is -2.27. The van der Waals surface area contributed by atoms with E-state index in [2.05, 4.69) is 31.2 Å². The van der Waals surface area contributed by atoms with Gasteiger partial charge in [0.1, 0.15) is 0 Å². The predicted molar refractivity (Wildman–Crippen MR) is 82.4 cm³/mol. The van der Waals surface area contributed by atoms with Crippen LogP contribution >= 0.6 is 0 Å². The number of carbonyl (C=O) groups excluding carboxylic acids is 1. The number of carbonyl (C=O) groups is 1. The highest BCUT2D eigenvalue weighted by atomic mass is 16.2. The minimum atomic E-state index is -0.270. The molecule has 1 heterocycles. The molecule has 1 atom stereocenters. The summed E-state index contributed by atoms with van der Waals surface area (Å²) in [5.41, 5.74) is 8.28. The molecule has 1 saturated heterocycles. The smallest absolute Gasteiger partial charge is 0.223 e. The molecule has 20 heavy (non-hydrogen) atoms. The van der Waals surface area contributed by atoms with Gasteiger partial charge in [0.25, 0.3) is 0 Å². The van der Waals surface area contributed by atoms with Crippen molar-refractivity contribution in [3.05, 3.63) is 35.4 Å². The third-order valence-electron chi connectivity index (χ3n) is 4.10. The van der Waals surface area contributed by atoms with Gasteiger partial charge in [-0.25, -0.2) is 0 Å². The highest BCUT2D eigenvalue weighted by Crippen LogP contribution is 2.34. The van der Waals surface area contributed by atoms with Crippen molar-refractivity contribution >= 4 is 5.91 Å². The minimum absolute atomic E-state index is 0.245. The third kappa shape index (κ3) is 3.60. The van der Waals surface area contributed by atoms with Gasteiger partial charge in [-0.05, 0) is 51.2 Å². The van der Waals surface area contributed by atoms with Crippen molar-refractivity contribution in [1.82, 2.24) is 4.90 Å². The predicted octanol–water partition coefficient (Wildman–Crippen LogP) is 3.18. The molecule has 1 amide bonds. The van der Waals surface area contributed by atoms with E-state index >= 15 is 0 Å². The van der Waals surface area contributed by atoms with Crippen molar-refractivity contribution in [1.29, 1.82) is 0 Å². The van der Waals surface area contributed by atoms with Crippen molar-refractivity contribution in [2.75, 3.05) is 6.54 Å². The lowest BCUT2D eigenvalue weighted by molar-refractivity contribution is -0.132. The first-order valence-corrected chi connectivity index (χ1v) is 7.52. The van der Waals surface area contributed by atoms with Gasteiger partial charge in [-0.15, -0.1) is 0 Å². The Morgan fingerprint density at radius 1 is 1.40 bits per heavy atom. The standard InChI is InChI=1S/C17H26N2O/c1-13-7-4-5-8-14(13)15-9-6-12-19(15)16(20)10-11-17(2,3)18/h4-5,7-8,15H,6,9-12,18H2,1-3H3. The Kier molecular flexibility index (Phi) is 4.48. The van der Waals surface area contributed by atoms with Crippen LogP contribution in [0.25, 0.3) is 0 Å². The summed E-state index contributed by atoms with van der Waals surface area (Å²) in [6.07, 6.45) is 3.45. The Bertz CT molecular complexity index is 476. The maximum atomic E-state index is 12.5. The van der Waals surface area contributed by atoms with Gasteiger partial charge in [0.2, 0.25) is 5.91 Å². The molecule has 0 bridgehead atoms. The Labute approximate surface area is 122 Å². The van der Waals surface area contributed by atoms with Crippen LogP contribution in [-0.4, -0.2) is 22.9 Å². The molecular formula is C17H26N2O. The number of amides is 1. The monoisotopic (exact) mass is 274 g/mol. The van der Waals surface area contributed by atoms with Gasteiger partial charge in [-0.3, -0.25) is 4.79 Å². The van der Waals surface area contributed by atoms with E-state index in [0.717, 1.165) is 25.8 Å². The van der Waals surface area contributed by atoms with E-state index in [4.69, 9.17) is 5.73 Å². The molecule has 0 aromatic heterocycles. The number of benzene rings is 1. The van der Waals surface area contributed by atoms with Crippen molar-refractivity contribution < 1.29 is 4.79 Å². The van der Waals surface area contributed by atoms with E-state index in [0.29, 0.717) is 6.42 Å². The average Bonchev–Trinajstić information content (AvgIpc) is 2.84. The summed E-state index contributed by atoms with van der Waals surface area (Å²) in [7, 11) is 0. The van der Waals surface area contributed by atoms with E-state index in [-0.39, 0.29) is 17.5 Å². The van der Waals surface area contributed by atoms with Gasteiger partial charge in [0.05, 0.1) is 6.04 Å². The maximum absolute atomic E-state index is 12.5. The quantitative estimate of drug-likeness (QED) is 0.916. The number of likely N-dealkylation sites (tertiary alicyclic amines) is 1. The van der Waals surface area contributed by atoms with Gasteiger partial charge in [0.15, 0.2) is 0 Å². The van der Waals surface area contributed by atoms with E-state index in [9.17, 15) is 4.79 Å². The highest BCUT2D eigenvalue weighted by Gasteiger charge is 2.30. The van der Waals surface area contributed by atoms with Crippen LogP contribution in [0.3, 0.4) is 0 Å². The summed E-state index contributed by atoms with van der Waals surface area (Å²) in [6, 6.07) is 8.64. The van der Waals surface area contributed by atoms with E-state index < -0.39 is 0 Å². The lowest BCUT2D eigenvalue weighted by atomic mass is 9.97. The molecule has 1 unspecified atom stereocenters. The summed E-state index contributed by atoms with van der Waals surface area (Å²) in [5, 5.41) is 0. The molecule has 0 aliphatic carbocycles. The van der Waals surface area contributed by atoms with E-state index in [1.807, 2.05) is 18.7 Å². The molecule has 1 aromatic rings. The fourth-order valence-electron chi connectivity index (χ4n) is 2.92. The Balaban J connectivity index is 2.08.